The zero-order chi connectivity index (χ0) is 22.5. The Balaban J connectivity index is 1.66. The minimum absolute atomic E-state index is 0.407. The van der Waals surface area contributed by atoms with Gasteiger partial charge in [0.05, 0.1) is 18.5 Å². The van der Waals surface area contributed by atoms with Gasteiger partial charge in [-0.3, -0.25) is 0 Å². The summed E-state index contributed by atoms with van der Waals surface area (Å²) in [4.78, 5) is 5.68. The van der Waals surface area contributed by atoms with Gasteiger partial charge in [-0.25, -0.2) is 0 Å². The molecule has 4 aromatic rings. The number of hydrogen-bond donors (Lipinski definition) is 0. The van der Waals surface area contributed by atoms with E-state index in [0.29, 0.717) is 6.61 Å². The Labute approximate surface area is 189 Å². The molecule has 0 aliphatic rings. The van der Waals surface area contributed by atoms with E-state index in [1.165, 1.54) is 5.56 Å². The molecule has 0 saturated carbocycles. The molecule has 0 unspecified atom stereocenters. The largest absolute Gasteiger partial charge is 0.497 e. The van der Waals surface area contributed by atoms with Crippen molar-refractivity contribution in [2.45, 2.75) is 27.4 Å². The van der Waals surface area contributed by atoms with Crippen LogP contribution < -0.4 is 4.74 Å². The number of oxime groups is 1. The van der Waals surface area contributed by atoms with Gasteiger partial charge in [-0.2, -0.15) is 0 Å². The monoisotopic (exact) mass is 424 g/mol. The van der Waals surface area contributed by atoms with Gasteiger partial charge in [-0.1, -0.05) is 59.8 Å². The van der Waals surface area contributed by atoms with E-state index in [2.05, 4.69) is 78.2 Å². The van der Waals surface area contributed by atoms with Gasteiger partial charge < -0.3 is 14.1 Å². The highest BCUT2D eigenvalue weighted by Crippen LogP contribution is 2.30. The van der Waals surface area contributed by atoms with Crippen molar-refractivity contribution in [1.29, 1.82) is 0 Å². The van der Waals surface area contributed by atoms with Crippen LogP contribution in [0.1, 0.15) is 29.3 Å². The van der Waals surface area contributed by atoms with E-state index < -0.39 is 0 Å². The van der Waals surface area contributed by atoms with E-state index in [-0.39, 0.29) is 0 Å². The second kappa shape index (κ2) is 9.56. The summed E-state index contributed by atoms with van der Waals surface area (Å²) in [5.41, 5.74) is 8.75. The van der Waals surface area contributed by atoms with Gasteiger partial charge in [0.1, 0.15) is 12.4 Å². The van der Waals surface area contributed by atoms with Gasteiger partial charge in [0, 0.05) is 16.9 Å². The lowest BCUT2D eigenvalue weighted by Crippen LogP contribution is -2.03. The van der Waals surface area contributed by atoms with E-state index in [4.69, 9.17) is 9.57 Å². The number of rotatable bonds is 7. The Bertz CT molecular complexity index is 1220. The summed E-state index contributed by atoms with van der Waals surface area (Å²) in [6.45, 7) is 6.65. The first-order valence-corrected chi connectivity index (χ1v) is 10.7. The van der Waals surface area contributed by atoms with E-state index in [0.717, 1.165) is 45.2 Å². The van der Waals surface area contributed by atoms with E-state index in [1.54, 1.807) is 7.11 Å². The molecule has 4 rings (SSSR count). The minimum Gasteiger partial charge on any atom is -0.497 e. The zero-order valence-corrected chi connectivity index (χ0v) is 19.0. The van der Waals surface area contributed by atoms with Crippen molar-refractivity contribution < 1.29 is 9.57 Å². The fourth-order valence-electron chi connectivity index (χ4n) is 3.87. The van der Waals surface area contributed by atoms with Crippen molar-refractivity contribution >= 4 is 5.71 Å². The molecule has 1 heterocycles. The van der Waals surface area contributed by atoms with Crippen molar-refractivity contribution in [2.24, 2.45) is 5.16 Å². The van der Waals surface area contributed by atoms with Gasteiger partial charge in [-0.15, -0.1) is 0 Å². The van der Waals surface area contributed by atoms with Crippen LogP contribution >= 0.6 is 0 Å². The average Bonchev–Trinajstić information content (AvgIpc) is 3.17. The number of nitrogens with zero attached hydrogens (tertiary/aromatic N) is 2. The maximum absolute atomic E-state index is 5.68. The zero-order valence-electron chi connectivity index (χ0n) is 19.0. The normalized spacial score (nSPS) is 11.4. The number of methoxy groups -OCH3 is 1. The minimum atomic E-state index is 0.407. The van der Waals surface area contributed by atoms with Gasteiger partial charge in [-0.05, 0) is 67.8 Å². The summed E-state index contributed by atoms with van der Waals surface area (Å²) in [5.74, 6) is 0.829. The highest BCUT2D eigenvalue weighted by atomic mass is 16.6. The molecule has 0 saturated heterocycles. The molecule has 1 aromatic heterocycles. The third kappa shape index (κ3) is 4.59. The van der Waals surface area contributed by atoms with Crippen molar-refractivity contribution in [3.8, 4) is 22.7 Å². The predicted molar refractivity (Wildman–Crippen MR) is 131 cm³/mol. The first-order valence-electron chi connectivity index (χ1n) is 10.7. The van der Waals surface area contributed by atoms with Gasteiger partial charge in [0.25, 0.3) is 0 Å². The summed E-state index contributed by atoms with van der Waals surface area (Å²) in [6, 6.07) is 29.0. The van der Waals surface area contributed by atoms with Crippen LogP contribution in [0.3, 0.4) is 0 Å². The van der Waals surface area contributed by atoms with Gasteiger partial charge in [0.2, 0.25) is 0 Å². The van der Waals surface area contributed by atoms with E-state index >= 15 is 0 Å². The fourth-order valence-corrected chi connectivity index (χ4v) is 3.87. The Morgan fingerprint density at radius 2 is 1.62 bits per heavy atom. The molecule has 4 heteroatoms. The molecule has 4 nitrogen and oxygen atoms in total. The summed E-state index contributed by atoms with van der Waals surface area (Å²) in [6.07, 6.45) is 0. The Hall–Kier alpha value is -3.79. The van der Waals surface area contributed by atoms with Crippen LogP contribution in [0.15, 0.2) is 90.1 Å². The molecule has 0 atom stereocenters. The summed E-state index contributed by atoms with van der Waals surface area (Å²) in [5, 5.41) is 4.42. The highest BCUT2D eigenvalue weighted by Gasteiger charge is 2.17. The average molecular weight is 425 g/mol. The van der Waals surface area contributed by atoms with E-state index in [1.807, 2.05) is 37.3 Å². The standard InChI is InChI=1S/C28H28N2O2/c1-20-9-8-12-25(17-20)30-22(3)27(18-28(30)24-10-6-5-7-11-24)21(2)29-32-19-23-13-15-26(31-4)16-14-23/h5-18H,19H2,1-4H3/b29-21-. The predicted octanol–water partition coefficient (Wildman–Crippen LogP) is 6.71. The Morgan fingerprint density at radius 1 is 0.875 bits per heavy atom. The Kier molecular flexibility index (Phi) is 6.41. The number of benzene rings is 3. The lowest BCUT2D eigenvalue weighted by molar-refractivity contribution is 0.130. The molecular weight excluding hydrogens is 396 g/mol. The van der Waals surface area contributed by atoms with Crippen LogP contribution in [-0.2, 0) is 11.4 Å². The topological polar surface area (TPSA) is 35.8 Å². The lowest BCUT2D eigenvalue weighted by atomic mass is 10.1. The molecule has 0 amide bonds. The molecule has 0 bridgehead atoms. The van der Waals surface area contributed by atoms with Gasteiger partial charge >= 0.3 is 0 Å². The quantitative estimate of drug-likeness (QED) is 0.244. The molecule has 0 aliphatic carbocycles. The molecule has 3 aromatic carbocycles. The van der Waals surface area contributed by atoms with Crippen molar-refractivity contribution in [3.05, 3.63) is 107 Å². The van der Waals surface area contributed by atoms with Crippen LogP contribution in [0.25, 0.3) is 16.9 Å². The Morgan fingerprint density at radius 3 is 2.31 bits per heavy atom. The van der Waals surface area contributed by atoms with Crippen LogP contribution in [-0.4, -0.2) is 17.4 Å². The molecule has 0 aliphatic heterocycles. The van der Waals surface area contributed by atoms with E-state index in [9.17, 15) is 0 Å². The number of aromatic nitrogens is 1. The third-order valence-electron chi connectivity index (χ3n) is 5.56. The molecule has 0 N–H and O–H groups in total. The molecule has 0 spiro atoms. The van der Waals surface area contributed by atoms with Crippen LogP contribution in [0.4, 0.5) is 0 Å². The van der Waals surface area contributed by atoms with Crippen molar-refractivity contribution in [2.75, 3.05) is 7.11 Å². The molecule has 0 radical (unpaired) electrons. The molecular formula is C28H28N2O2. The smallest absolute Gasteiger partial charge is 0.142 e. The third-order valence-corrected chi connectivity index (χ3v) is 5.56. The fraction of sp³-hybridized carbons (Fsp3) is 0.179. The van der Waals surface area contributed by atoms with Crippen LogP contribution in [0.2, 0.25) is 0 Å². The summed E-state index contributed by atoms with van der Waals surface area (Å²) >= 11 is 0. The lowest BCUT2D eigenvalue weighted by Gasteiger charge is -2.13. The second-order valence-corrected chi connectivity index (χ2v) is 7.87. The summed E-state index contributed by atoms with van der Waals surface area (Å²) < 4.78 is 7.50. The number of aryl methyl sites for hydroxylation is 1. The molecule has 0 fully saturated rings. The SMILES string of the molecule is COc1ccc(CO/N=C(/C)c2cc(-c3ccccc3)n(-c3cccc(C)c3)c2C)cc1. The maximum Gasteiger partial charge on any atom is 0.142 e. The second-order valence-electron chi connectivity index (χ2n) is 7.87. The number of hydrogen-bond acceptors (Lipinski definition) is 3. The number of ether oxygens (including phenoxy) is 1. The molecule has 162 valence electrons. The van der Waals surface area contributed by atoms with Crippen molar-refractivity contribution in [3.63, 3.8) is 0 Å². The maximum atomic E-state index is 5.68. The first-order chi connectivity index (χ1) is 15.6. The van der Waals surface area contributed by atoms with Gasteiger partial charge in [0.15, 0.2) is 0 Å². The molecule has 32 heavy (non-hydrogen) atoms. The van der Waals surface area contributed by atoms with Crippen molar-refractivity contribution in [1.82, 2.24) is 4.57 Å². The summed E-state index contributed by atoms with van der Waals surface area (Å²) in [7, 11) is 1.66. The van der Waals surface area contributed by atoms with Crippen LogP contribution in [0, 0.1) is 13.8 Å². The highest BCUT2D eigenvalue weighted by molar-refractivity contribution is 6.01. The first kappa shape index (κ1) is 21.4. The van der Waals surface area contributed by atoms with Crippen LogP contribution in [0.5, 0.6) is 5.75 Å².